The van der Waals surface area contributed by atoms with Crippen molar-refractivity contribution in [2.24, 2.45) is 0 Å². The van der Waals surface area contributed by atoms with Crippen LogP contribution in [0.1, 0.15) is 44.0 Å². The van der Waals surface area contributed by atoms with E-state index in [0.29, 0.717) is 52.3 Å². The largest absolute Gasteiger partial charge is 0.349 e. The van der Waals surface area contributed by atoms with Crippen LogP contribution in [-0.4, -0.2) is 80.2 Å². The monoisotopic (exact) mass is 573 g/mol. The number of benzene rings is 2. The SMILES string of the molecule is C=CC(=O)N1C[C@H](C)N(c2nc(C3CN(C4CC4)C3)nc3c(F)c(-c4c(C)ccc5[nH]ncc45)c(Cl)cc23)C[C@H]1C. The third kappa shape index (κ3) is 4.28. The number of amides is 1. The first kappa shape index (κ1) is 26.3. The molecular weight excluding hydrogens is 541 g/mol. The van der Waals surface area contributed by atoms with Crippen molar-refractivity contribution in [1.29, 1.82) is 0 Å². The van der Waals surface area contributed by atoms with Gasteiger partial charge in [-0.2, -0.15) is 5.10 Å². The number of H-pyrrole nitrogens is 1. The topological polar surface area (TPSA) is 81.3 Å². The number of carbonyl (C=O) groups is 1. The van der Waals surface area contributed by atoms with Crippen LogP contribution in [0.2, 0.25) is 5.02 Å². The summed E-state index contributed by atoms with van der Waals surface area (Å²) in [6.45, 7) is 12.5. The Kier molecular flexibility index (Phi) is 6.28. The molecule has 4 aromatic rings. The molecule has 10 heteroatoms. The molecule has 212 valence electrons. The summed E-state index contributed by atoms with van der Waals surface area (Å²) in [5.74, 6) is 0.945. The van der Waals surface area contributed by atoms with Crippen LogP contribution in [-0.2, 0) is 4.79 Å². The molecule has 2 aromatic carbocycles. The predicted octanol–water partition coefficient (Wildman–Crippen LogP) is 5.45. The third-order valence-corrected chi connectivity index (χ3v) is 9.31. The van der Waals surface area contributed by atoms with Crippen LogP contribution in [0.3, 0.4) is 0 Å². The Morgan fingerprint density at radius 3 is 2.61 bits per heavy atom. The molecule has 2 atom stereocenters. The van der Waals surface area contributed by atoms with Gasteiger partial charge in [-0.15, -0.1) is 0 Å². The zero-order valence-corrected chi connectivity index (χ0v) is 24.2. The van der Waals surface area contributed by atoms with E-state index in [1.165, 1.54) is 18.9 Å². The highest BCUT2D eigenvalue weighted by Crippen LogP contribution is 2.43. The summed E-state index contributed by atoms with van der Waals surface area (Å²) in [6, 6.07) is 6.24. The smallest absolute Gasteiger partial charge is 0.246 e. The van der Waals surface area contributed by atoms with Gasteiger partial charge in [-0.25, -0.2) is 14.4 Å². The van der Waals surface area contributed by atoms with Gasteiger partial charge in [0.15, 0.2) is 5.82 Å². The van der Waals surface area contributed by atoms with E-state index in [0.717, 1.165) is 29.6 Å². The van der Waals surface area contributed by atoms with Crippen LogP contribution in [0.15, 0.2) is 37.1 Å². The van der Waals surface area contributed by atoms with Gasteiger partial charge < -0.3 is 9.80 Å². The van der Waals surface area contributed by atoms with E-state index in [-0.39, 0.29) is 29.4 Å². The van der Waals surface area contributed by atoms with Gasteiger partial charge in [-0.3, -0.25) is 14.8 Å². The lowest BCUT2D eigenvalue weighted by Crippen LogP contribution is -2.58. The molecule has 0 spiro atoms. The van der Waals surface area contributed by atoms with E-state index < -0.39 is 5.82 Å². The molecule has 4 heterocycles. The van der Waals surface area contributed by atoms with Crippen molar-refractivity contribution in [3.05, 3.63) is 59.3 Å². The number of aromatic amines is 1. The minimum Gasteiger partial charge on any atom is -0.349 e. The summed E-state index contributed by atoms with van der Waals surface area (Å²) in [5, 5.41) is 8.86. The second-order valence-corrected chi connectivity index (χ2v) is 12.3. The molecule has 1 amide bonds. The van der Waals surface area contributed by atoms with Gasteiger partial charge in [-0.05, 0) is 57.4 Å². The van der Waals surface area contributed by atoms with Crippen LogP contribution in [0.5, 0.6) is 0 Å². The van der Waals surface area contributed by atoms with Crippen molar-refractivity contribution in [2.75, 3.05) is 31.1 Å². The van der Waals surface area contributed by atoms with E-state index in [2.05, 4.69) is 33.5 Å². The first-order valence-corrected chi connectivity index (χ1v) is 14.7. The van der Waals surface area contributed by atoms with E-state index >= 15 is 4.39 Å². The quantitative estimate of drug-likeness (QED) is 0.320. The molecule has 0 unspecified atom stereocenters. The van der Waals surface area contributed by atoms with E-state index in [9.17, 15) is 4.79 Å². The molecule has 7 rings (SSSR count). The second-order valence-electron chi connectivity index (χ2n) is 11.9. The van der Waals surface area contributed by atoms with Gasteiger partial charge in [0.25, 0.3) is 0 Å². The number of piperazine rings is 1. The maximum atomic E-state index is 16.8. The molecule has 3 aliphatic rings. The van der Waals surface area contributed by atoms with Crippen molar-refractivity contribution in [3.8, 4) is 11.1 Å². The van der Waals surface area contributed by atoms with Gasteiger partial charge in [0.1, 0.15) is 17.2 Å². The summed E-state index contributed by atoms with van der Waals surface area (Å²) in [4.78, 5) is 29.0. The number of hydrogen-bond acceptors (Lipinski definition) is 6. The number of carbonyl (C=O) groups excluding carboxylic acids is 1. The third-order valence-electron chi connectivity index (χ3n) is 9.02. The van der Waals surface area contributed by atoms with Crippen LogP contribution in [0.25, 0.3) is 32.9 Å². The summed E-state index contributed by atoms with van der Waals surface area (Å²) >= 11 is 6.93. The molecule has 0 radical (unpaired) electrons. The van der Waals surface area contributed by atoms with E-state index in [1.54, 1.807) is 6.20 Å². The number of nitrogens with one attached hydrogen (secondary N) is 1. The van der Waals surface area contributed by atoms with Crippen molar-refractivity contribution >= 4 is 45.1 Å². The Hall–Kier alpha value is -3.56. The van der Waals surface area contributed by atoms with Crippen LogP contribution in [0.4, 0.5) is 10.2 Å². The normalized spacial score (nSPS) is 22.0. The summed E-state index contributed by atoms with van der Waals surface area (Å²) in [7, 11) is 0. The molecule has 1 N–H and O–H groups in total. The first-order chi connectivity index (χ1) is 19.7. The lowest BCUT2D eigenvalue weighted by atomic mass is 9.94. The number of aryl methyl sites for hydroxylation is 1. The van der Waals surface area contributed by atoms with Gasteiger partial charge in [-0.1, -0.05) is 24.2 Å². The predicted molar refractivity (Wildman–Crippen MR) is 160 cm³/mol. The molecule has 2 saturated heterocycles. The number of rotatable bonds is 5. The number of likely N-dealkylation sites (tertiary alicyclic amines) is 1. The van der Waals surface area contributed by atoms with Gasteiger partial charge in [0.05, 0.1) is 16.7 Å². The molecule has 8 nitrogen and oxygen atoms in total. The number of halogens is 2. The minimum absolute atomic E-state index is 0.0474. The van der Waals surface area contributed by atoms with E-state index in [1.807, 2.05) is 36.9 Å². The highest BCUT2D eigenvalue weighted by Gasteiger charge is 2.41. The summed E-state index contributed by atoms with van der Waals surface area (Å²) in [6.07, 6.45) is 5.56. The molecule has 3 fully saturated rings. The van der Waals surface area contributed by atoms with Crippen molar-refractivity contribution in [3.63, 3.8) is 0 Å². The van der Waals surface area contributed by atoms with Gasteiger partial charge >= 0.3 is 0 Å². The van der Waals surface area contributed by atoms with Gasteiger partial charge in [0.2, 0.25) is 5.91 Å². The summed E-state index contributed by atoms with van der Waals surface area (Å²) < 4.78 is 16.8. The highest BCUT2D eigenvalue weighted by molar-refractivity contribution is 6.35. The maximum absolute atomic E-state index is 16.8. The average molecular weight is 574 g/mol. The fourth-order valence-corrected chi connectivity index (χ4v) is 6.83. The Labute approximate surface area is 243 Å². The number of hydrogen-bond donors (Lipinski definition) is 1. The number of fused-ring (bicyclic) bond motifs is 2. The van der Waals surface area contributed by atoms with Crippen LogP contribution in [0, 0.1) is 12.7 Å². The lowest BCUT2D eigenvalue weighted by Gasteiger charge is -2.45. The Balaban J connectivity index is 1.39. The van der Waals surface area contributed by atoms with Crippen LogP contribution >= 0.6 is 11.6 Å². The molecule has 1 saturated carbocycles. The van der Waals surface area contributed by atoms with Crippen molar-refractivity contribution < 1.29 is 9.18 Å². The zero-order chi connectivity index (χ0) is 28.6. The molecule has 0 bridgehead atoms. The molecular formula is C31H33ClFN7O. The Morgan fingerprint density at radius 2 is 1.88 bits per heavy atom. The lowest BCUT2D eigenvalue weighted by molar-refractivity contribution is -0.128. The zero-order valence-electron chi connectivity index (χ0n) is 23.5. The van der Waals surface area contributed by atoms with Crippen molar-refractivity contribution in [2.45, 2.75) is 57.7 Å². The molecule has 1 aliphatic carbocycles. The van der Waals surface area contributed by atoms with Crippen molar-refractivity contribution in [1.82, 2.24) is 30.0 Å². The van der Waals surface area contributed by atoms with Crippen LogP contribution < -0.4 is 4.90 Å². The fourth-order valence-electron chi connectivity index (χ4n) is 6.55. The average Bonchev–Trinajstić information content (AvgIpc) is 3.64. The Bertz CT molecular complexity index is 1710. The maximum Gasteiger partial charge on any atom is 0.246 e. The summed E-state index contributed by atoms with van der Waals surface area (Å²) in [5.41, 5.74) is 3.03. The highest BCUT2D eigenvalue weighted by atomic mass is 35.5. The molecule has 2 aliphatic heterocycles. The van der Waals surface area contributed by atoms with Gasteiger partial charge in [0, 0.05) is 72.1 Å². The number of nitrogens with zero attached hydrogens (tertiary/aromatic N) is 6. The number of anilines is 1. The Morgan fingerprint density at radius 1 is 1.10 bits per heavy atom. The fraction of sp³-hybridized carbons (Fsp3) is 0.419. The second kappa shape index (κ2) is 9.77. The molecule has 41 heavy (non-hydrogen) atoms. The minimum atomic E-state index is -0.450. The molecule has 2 aromatic heterocycles. The first-order valence-electron chi connectivity index (χ1n) is 14.3. The number of aromatic nitrogens is 4. The van der Waals surface area contributed by atoms with E-state index in [4.69, 9.17) is 21.6 Å². The standard InChI is InChI=1S/C31H33ClFN7O/c1-5-25(41)39-12-18(4)40(13-17(39)3)31-21-10-23(32)27(26-16(2)6-9-24-22(26)11-34-37-24)28(33)29(21)35-30(36-31)19-14-38(15-19)20-7-8-20/h5-6,9-11,17-20H,1,7-8,12-15H2,2-4H3,(H,34,37)/t17-,18+/m1/s1.